The smallest absolute Gasteiger partial charge is 0.347 e. The third-order valence-corrected chi connectivity index (χ3v) is 9.40. The average molecular weight is 599 g/mol. The second kappa shape index (κ2) is 9.60. The molecule has 2 fully saturated rings. The molecule has 3 aromatic carbocycles. The number of aromatic nitrogens is 3. The molecule has 10 nitrogen and oxygen atoms in total. The highest BCUT2D eigenvalue weighted by Crippen LogP contribution is 2.63. The fourth-order valence-electron chi connectivity index (χ4n) is 7.35. The summed E-state index contributed by atoms with van der Waals surface area (Å²) in [5.74, 6) is -2.44. The molecule has 1 N–H and O–H groups in total. The number of hydrogen-bond donors (Lipinski definition) is 1. The lowest BCUT2D eigenvalue weighted by molar-refractivity contribution is -0.124. The number of ether oxygens (including phenoxy) is 1. The van der Waals surface area contributed by atoms with E-state index in [2.05, 4.69) is 0 Å². The van der Waals surface area contributed by atoms with E-state index in [-0.39, 0.29) is 18.7 Å². The second-order valence-electron chi connectivity index (χ2n) is 11.1. The van der Waals surface area contributed by atoms with E-state index < -0.39 is 46.5 Å². The molecule has 3 heterocycles. The number of methoxy groups -OCH3 is 1. The Hall–Kier alpha value is -4.83. The number of carbonyl (C=O) groups is 2. The molecular formula is C32H27ClN4O6. The van der Waals surface area contributed by atoms with Crippen LogP contribution in [0.1, 0.15) is 29.5 Å². The van der Waals surface area contributed by atoms with Crippen LogP contribution in [0.25, 0.3) is 0 Å². The second-order valence-corrected chi connectivity index (χ2v) is 11.5. The molecular weight excluding hydrogens is 572 g/mol. The number of phenolic OH excluding ortho intramolecular Hbond substituents is 1. The summed E-state index contributed by atoms with van der Waals surface area (Å²) in [7, 11) is 2.90. The minimum absolute atomic E-state index is 0.0825. The highest BCUT2D eigenvalue weighted by atomic mass is 35.5. The molecule has 1 saturated heterocycles. The number of rotatable bonds is 4. The minimum Gasteiger partial charge on any atom is -0.508 e. The predicted octanol–water partition coefficient (Wildman–Crippen LogP) is 3.51. The molecule has 4 aromatic rings. The maximum absolute atomic E-state index is 15.0. The number of halogens is 1. The number of allylic oxidation sites excluding steroid dienone is 2. The van der Waals surface area contributed by atoms with Gasteiger partial charge in [-0.05, 0) is 41.8 Å². The zero-order chi connectivity index (χ0) is 30.2. The highest BCUT2D eigenvalue weighted by molar-refractivity contribution is 6.32. The van der Waals surface area contributed by atoms with E-state index in [1.165, 1.54) is 34.5 Å². The quantitative estimate of drug-likeness (QED) is 0.284. The number of phenols is 1. The van der Waals surface area contributed by atoms with Crippen LogP contribution in [0.5, 0.6) is 11.5 Å². The van der Waals surface area contributed by atoms with Crippen LogP contribution in [0.4, 0.5) is 5.69 Å². The molecule has 2 amide bonds. The van der Waals surface area contributed by atoms with Crippen molar-refractivity contribution in [2.75, 3.05) is 12.0 Å². The van der Waals surface area contributed by atoms with Gasteiger partial charge in [0.15, 0.2) is 0 Å². The van der Waals surface area contributed by atoms with E-state index in [0.717, 1.165) is 4.57 Å². The molecule has 1 aliphatic carbocycles. The Kier molecular flexibility index (Phi) is 6.04. The van der Waals surface area contributed by atoms with Crippen LogP contribution in [0, 0.1) is 5.92 Å². The Balaban J connectivity index is 1.56. The summed E-state index contributed by atoms with van der Waals surface area (Å²) in [4.78, 5) is 57.2. The lowest BCUT2D eigenvalue weighted by Gasteiger charge is -2.49. The first-order chi connectivity index (χ1) is 20.7. The highest BCUT2D eigenvalue weighted by Gasteiger charge is 2.69. The van der Waals surface area contributed by atoms with Crippen LogP contribution in [0.15, 0.2) is 94.0 Å². The zero-order valence-corrected chi connectivity index (χ0v) is 24.1. The summed E-state index contributed by atoms with van der Waals surface area (Å²) in [5.41, 5.74) is -0.480. The standard InChI is InChI=1S/C32H27ClN4O6/c1-34-30(41)35-14-13-22-25(37(35)31(34)42)17-24-28(39)36(20-10-6-9-19(33)15-20)29(40)32(24,18-7-4-3-5-8-18)27(22)23-12-11-21(43-2)16-26(23)38/h3-13,15-16,24-25,27,38H,14,17H2,1-2H3/t24-,25+,27+,32+/m0/s1. The molecule has 2 aliphatic heterocycles. The molecule has 7 rings (SSSR count). The molecule has 0 radical (unpaired) electrons. The Morgan fingerprint density at radius 2 is 1.72 bits per heavy atom. The fourth-order valence-corrected chi connectivity index (χ4v) is 7.54. The van der Waals surface area contributed by atoms with E-state index >= 15 is 4.79 Å². The Morgan fingerprint density at radius 3 is 2.42 bits per heavy atom. The predicted molar refractivity (Wildman–Crippen MR) is 159 cm³/mol. The van der Waals surface area contributed by atoms with Gasteiger partial charge in [0.1, 0.15) is 11.5 Å². The first kappa shape index (κ1) is 27.0. The van der Waals surface area contributed by atoms with Crippen LogP contribution in [-0.2, 0) is 28.6 Å². The molecule has 0 bridgehead atoms. The van der Waals surface area contributed by atoms with Gasteiger partial charge < -0.3 is 9.84 Å². The van der Waals surface area contributed by atoms with Gasteiger partial charge in [0.25, 0.3) is 0 Å². The number of aromatic hydroxyl groups is 1. The van der Waals surface area contributed by atoms with Crippen molar-refractivity contribution in [3.8, 4) is 11.5 Å². The van der Waals surface area contributed by atoms with Gasteiger partial charge >= 0.3 is 11.4 Å². The van der Waals surface area contributed by atoms with E-state index in [4.69, 9.17) is 16.3 Å². The molecule has 3 aliphatic rings. The SMILES string of the molecule is COc1ccc([C@H]2C3=CCn4c(=O)n(C)c(=O)n4[C@@H]3C[C@H]3C(=O)N(c4cccc(Cl)c4)C(=O)[C@@]23c2ccccc2)c(O)c1. The lowest BCUT2D eigenvalue weighted by Crippen LogP contribution is -2.53. The number of imide groups is 1. The van der Waals surface area contributed by atoms with Crippen LogP contribution in [-0.4, -0.2) is 38.0 Å². The van der Waals surface area contributed by atoms with Gasteiger partial charge in [0, 0.05) is 29.6 Å². The topological polar surface area (TPSA) is 116 Å². The number of carbonyl (C=O) groups excluding carboxylic acids is 2. The minimum atomic E-state index is -1.49. The van der Waals surface area contributed by atoms with Gasteiger partial charge in [-0.3, -0.25) is 9.59 Å². The number of anilines is 1. The number of amides is 2. The van der Waals surface area contributed by atoms with Crippen LogP contribution < -0.4 is 21.0 Å². The molecule has 11 heteroatoms. The number of nitrogens with zero attached hydrogens (tertiary/aromatic N) is 4. The molecule has 1 saturated carbocycles. The third-order valence-electron chi connectivity index (χ3n) is 9.17. The molecule has 4 atom stereocenters. The van der Waals surface area contributed by atoms with Gasteiger partial charge in [-0.15, -0.1) is 0 Å². The lowest BCUT2D eigenvalue weighted by atomic mass is 9.53. The van der Waals surface area contributed by atoms with Crippen molar-refractivity contribution in [3.63, 3.8) is 0 Å². The summed E-state index contributed by atoms with van der Waals surface area (Å²) < 4.78 is 9.12. The monoisotopic (exact) mass is 598 g/mol. The van der Waals surface area contributed by atoms with Crippen molar-refractivity contribution in [2.24, 2.45) is 13.0 Å². The van der Waals surface area contributed by atoms with Gasteiger partial charge in [0.2, 0.25) is 11.8 Å². The van der Waals surface area contributed by atoms with Crippen molar-refractivity contribution >= 4 is 29.1 Å². The summed E-state index contributed by atoms with van der Waals surface area (Å²) in [6.07, 6.45) is 1.93. The summed E-state index contributed by atoms with van der Waals surface area (Å²) in [6, 6.07) is 19.8. The Bertz CT molecular complexity index is 1980. The zero-order valence-electron chi connectivity index (χ0n) is 23.3. The Morgan fingerprint density at radius 1 is 0.953 bits per heavy atom. The number of fused-ring (bicyclic) bond motifs is 4. The summed E-state index contributed by atoms with van der Waals surface area (Å²) in [5, 5.41) is 11.8. The molecule has 0 spiro atoms. The maximum atomic E-state index is 15.0. The fraction of sp³-hybridized carbons (Fsp3) is 0.250. The molecule has 1 aromatic heterocycles. The maximum Gasteiger partial charge on any atom is 0.347 e. The van der Waals surface area contributed by atoms with Crippen LogP contribution in [0.3, 0.4) is 0 Å². The Labute approximate surface area is 250 Å². The summed E-state index contributed by atoms with van der Waals surface area (Å²) in [6.45, 7) is 0.0871. The van der Waals surface area contributed by atoms with Crippen LogP contribution in [0.2, 0.25) is 5.02 Å². The largest absolute Gasteiger partial charge is 0.508 e. The van der Waals surface area contributed by atoms with Crippen molar-refractivity contribution in [1.82, 2.24) is 13.9 Å². The molecule has 43 heavy (non-hydrogen) atoms. The average Bonchev–Trinajstić information content (AvgIpc) is 3.38. The number of hydrogen-bond acceptors (Lipinski definition) is 6. The first-order valence-electron chi connectivity index (χ1n) is 13.8. The van der Waals surface area contributed by atoms with Crippen molar-refractivity contribution < 1.29 is 19.4 Å². The van der Waals surface area contributed by atoms with Crippen molar-refractivity contribution in [3.05, 3.63) is 122 Å². The van der Waals surface area contributed by atoms with Gasteiger partial charge in [0.05, 0.1) is 36.7 Å². The van der Waals surface area contributed by atoms with Crippen LogP contribution >= 0.6 is 11.6 Å². The van der Waals surface area contributed by atoms with E-state index in [0.29, 0.717) is 33.2 Å². The van der Waals surface area contributed by atoms with Crippen molar-refractivity contribution in [2.45, 2.75) is 30.3 Å². The van der Waals surface area contributed by atoms with E-state index in [1.54, 1.807) is 36.4 Å². The molecule has 218 valence electrons. The van der Waals surface area contributed by atoms with Crippen molar-refractivity contribution in [1.29, 1.82) is 0 Å². The van der Waals surface area contributed by atoms with Gasteiger partial charge in [-0.25, -0.2) is 28.4 Å². The van der Waals surface area contributed by atoms with E-state index in [9.17, 15) is 19.5 Å². The van der Waals surface area contributed by atoms with Gasteiger partial charge in [-0.2, -0.15) is 0 Å². The first-order valence-corrected chi connectivity index (χ1v) is 14.2. The third kappa shape index (κ3) is 3.59. The van der Waals surface area contributed by atoms with Gasteiger partial charge in [-0.1, -0.05) is 60.1 Å². The summed E-state index contributed by atoms with van der Waals surface area (Å²) >= 11 is 6.31. The molecule has 0 unspecified atom stereocenters. The number of benzene rings is 3. The van der Waals surface area contributed by atoms with E-state index in [1.807, 2.05) is 36.4 Å². The normalized spacial score (nSPS) is 24.3.